The fourth-order valence-electron chi connectivity index (χ4n) is 2.93. The first-order valence-corrected chi connectivity index (χ1v) is 9.79. The zero-order valence-electron chi connectivity index (χ0n) is 17.6. The van der Waals surface area contributed by atoms with Gasteiger partial charge in [0.2, 0.25) is 5.88 Å². The first-order chi connectivity index (χ1) is 15.5. The van der Waals surface area contributed by atoms with Crippen molar-refractivity contribution in [3.63, 3.8) is 0 Å². The highest BCUT2D eigenvalue weighted by molar-refractivity contribution is 6.01. The van der Waals surface area contributed by atoms with Crippen LogP contribution in [0.2, 0.25) is 0 Å². The van der Waals surface area contributed by atoms with E-state index in [1.807, 2.05) is 0 Å². The lowest BCUT2D eigenvalue weighted by Crippen LogP contribution is -2.27. The number of hydrogen-bond donors (Lipinski definition) is 1. The van der Waals surface area contributed by atoms with Crippen molar-refractivity contribution < 1.29 is 18.7 Å². The lowest BCUT2D eigenvalue weighted by atomic mass is 10.1. The first kappa shape index (κ1) is 22.7. The van der Waals surface area contributed by atoms with E-state index in [2.05, 4.69) is 10.3 Å². The Morgan fingerprint density at radius 2 is 2.09 bits per heavy atom. The first-order valence-electron chi connectivity index (χ1n) is 9.79. The molecule has 0 aliphatic rings. The second-order valence-electron chi connectivity index (χ2n) is 6.83. The zero-order chi connectivity index (χ0) is 23.1. The second kappa shape index (κ2) is 10.3. The van der Waals surface area contributed by atoms with Gasteiger partial charge in [0.1, 0.15) is 22.9 Å². The molecule has 3 aromatic rings. The van der Waals surface area contributed by atoms with Gasteiger partial charge in [0, 0.05) is 26.5 Å². The molecule has 9 heteroatoms. The molecule has 0 aliphatic carbocycles. The summed E-state index contributed by atoms with van der Waals surface area (Å²) in [6, 6.07) is 10.9. The molecule has 0 fully saturated rings. The maximum Gasteiger partial charge on any atom is 0.269 e. The third-order valence-electron chi connectivity index (χ3n) is 4.56. The number of carbonyl (C=O) groups is 1. The smallest absolute Gasteiger partial charge is 0.269 e. The van der Waals surface area contributed by atoms with E-state index in [0.29, 0.717) is 30.8 Å². The van der Waals surface area contributed by atoms with E-state index in [0.717, 1.165) is 6.08 Å². The van der Waals surface area contributed by atoms with Gasteiger partial charge in [-0.1, -0.05) is 18.2 Å². The van der Waals surface area contributed by atoms with Crippen LogP contribution in [0.3, 0.4) is 0 Å². The van der Waals surface area contributed by atoms with Gasteiger partial charge in [0.15, 0.2) is 11.6 Å². The van der Waals surface area contributed by atoms with Crippen molar-refractivity contribution in [3.05, 3.63) is 75.5 Å². The predicted octanol–water partition coefficient (Wildman–Crippen LogP) is 2.99. The summed E-state index contributed by atoms with van der Waals surface area (Å²) >= 11 is 0. The van der Waals surface area contributed by atoms with Crippen molar-refractivity contribution in [3.8, 4) is 17.7 Å². The van der Waals surface area contributed by atoms with Crippen LogP contribution in [-0.2, 0) is 9.53 Å². The van der Waals surface area contributed by atoms with Crippen LogP contribution in [0, 0.1) is 24.1 Å². The van der Waals surface area contributed by atoms with Crippen molar-refractivity contribution >= 4 is 17.6 Å². The molecule has 0 saturated carbocycles. The number of nitrogens with one attached hydrogen (secondary N) is 1. The van der Waals surface area contributed by atoms with E-state index in [1.54, 1.807) is 38.3 Å². The van der Waals surface area contributed by atoms with E-state index < -0.39 is 17.3 Å². The number of nitriles is 1. The maximum atomic E-state index is 14.2. The monoisotopic (exact) mass is 436 g/mol. The summed E-state index contributed by atoms with van der Waals surface area (Å²) < 4.78 is 26.0. The molecular formula is C23H21FN4O4. The molecule has 0 saturated heterocycles. The summed E-state index contributed by atoms with van der Waals surface area (Å²) in [6.45, 7) is 2.50. The van der Waals surface area contributed by atoms with Crippen molar-refractivity contribution in [1.29, 1.82) is 5.26 Å². The van der Waals surface area contributed by atoms with Crippen LogP contribution in [-0.4, -0.2) is 35.6 Å². The zero-order valence-corrected chi connectivity index (χ0v) is 17.6. The Labute approximate surface area is 183 Å². The number of para-hydroxylation sites is 1. The largest absolute Gasteiger partial charge is 0.435 e. The van der Waals surface area contributed by atoms with Crippen LogP contribution in [0.25, 0.3) is 11.7 Å². The van der Waals surface area contributed by atoms with Gasteiger partial charge >= 0.3 is 0 Å². The molecule has 2 heterocycles. The molecule has 8 nitrogen and oxygen atoms in total. The fourth-order valence-corrected chi connectivity index (χ4v) is 2.93. The van der Waals surface area contributed by atoms with E-state index >= 15 is 0 Å². The Morgan fingerprint density at radius 3 is 2.81 bits per heavy atom. The van der Waals surface area contributed by atoms with E-state index in [4.69, 9.17) is 9.47 Å². The van der Waals surface area contributed by atoms with Crippen molar-refractivity contribution in [2.45, 2.75) is 13.3 Å². The summed E-state index contributed by atoms with van der Waals surface area (Å²) in [5, 5.41) is 12.1. The van der Waals surface area contributed by atoms with Crippen LogP contribution in [0.5, 0.6) is 11.6 Å². The molecular weight excluding hydrogens is 415 g/mol. The van der Waals surface area contributed by atoms with Gasteiger partial charge in [-0.3, -0.25) is 14.0 Å². The Kier molecular flexibility index (Phi) is 7.31. The Hall–Kier alpha value is -4.03. The fraction of sp³-hybridized carbons (Fsp3) is 0.217. The number of halogens is 1. The molecule has 164 valence electrons. The molecule has 2 aromatic heterocycles. The number of benzene rings is 1. The average Bonchev–Trinajstić information content (AvgIpc) is 2.79. The van der Waals surface area contributed by atoms with Crippen molar-refractivity contribution in [1.82, 2.24) is 14.7 Å². The molecule has 0 radical (unpaired) electrons. The minimum absolute atomic E-state index is 0.144. The summed E-state index contributed by atoms with van der Waals surface area (Å²) in [5.41, 5.74) is -0.0318. The van der Waals surface area contributed by atoms with Crippen LogP contribution in [0.15, 0.2) is 53.0 Å². The standard InChI is InChI=1S/C23H21FN4O4/c1-15-7-5-11-28-20(15)27-22(32-19-9-4-3-8-18(19)24)17(23(28)30)13-16(14-25)21(29)26-10-6-12-31-2/h3-5,7-9,11,13H,6,10,12H2,1-2H3,(H,26,29). The molecule has 3 rings (SSSR count). The van der Waals surface area contributed by atoms with E-state index in [9.17, 15) is 19.2 Å². The predicted molar refractivity (Wildman–Crippen MR) is 116 cm³/mol. The second-order valence-corrected chi connectivity index (χ2v) is 6.83. The number of hydrogen-bond acceptors (Lipinski definition) is 6. The summed E-state index contributed by atoms with van der Waals surface area (Å²) in [5.74, 6) is -1.66. The van der Waals surface area contributed by atoms with Crippen LogP contribution >= 0.6 is 0 Å². The number of ether oxygens (including phenoxy) is 2. The van der Waals surface area contributed by atoms with Crippen LogP contribution in [0.1, 0.15) is 17.5 Å². The van der Waals surface area contributed by atoms with Crippen LogP contribution in [0.4, 0.5) is 4.39 Å². The Bertz CT molecular complexity index is 1280. The Morgan fingerprint density at radius 1 is 1.31 bits per heavy atom. The summed E-state index contributed by atoms with van der Waals surface area (Å²) in [7, 11) is 1.54. The third kappa shape index (κ3) is 4.99. The van der Waals surface area contributed by atoms with Crippen molar-refractivity contribution in [2.75, 3.05) is 20.3 Å². The van der Waals surface area contributed by atoms with Gasteiger partial charge in [0.05, 0.1) is 0 Å². The number of fused-ring (bicyclic) bond motifs is 1. The number of carbonyl (C=O) groups excluding carboxylic acids is 1. The quantitative estimate of drug-likeness (QED) is 0.331. The molecule has 0 aliphatic heterocycles. The topological polar surface area (TPSA) is 106 Å². The van der Waals surface area contributed by atoms with Gasteiger partial charge in [0.25, 0.3) is 11.5 Å². The number of pyridine rings is 1. The van der Waals surface area contributed by atoms with Gasteiger partial charge in [-0.15, -0.1) is 0 Å². The average molecular weight is 436 g/mol. The SMILES string of the molecule is COCCCNC(=O)C(C#N)=Cc1c(Oc2ccccc2F)nc2c(C)cccn2c1=O. The highest BCUT2D eigenvalue weighted by Crippen LogP contribution is 2.26. The molecule has 0 unspecified atom stereocenters. The van der Waals surface area contributed by atoms with E-state index in [1.165, 1.54) is 28.8 Å². The Balaban J connectivity index is 2.11. The van der Waals surface area contributed by atoms with Gasteiger partial charge in [-0.25, -0.2) is 4.39 Å². The lowest BCUT2D eigenvalue weighted by molar-refractivity contribution is -0.117. The number of nitrogens with zero attached hydrogens (tertiary/aromatic N) is 3. The molecule has 32 heavy (non-hydrogen) atoms. The molecule has 1 aromatic carbocycles. The van der Waals surface area contributed by atoms with Crippen LogP contribution < -0.4 is 15.6 Å². The number of amides is 1. The maximum absolute atomic E-state index is 14.2. The number of methoxy groups -OCH3 is 1. The number of rotatable bonds is 8. The number of aryl methyl sites for hydroxylation is 1. The molecule has 0 atom stereocenters. The van der Waals surface area contributed by atoms with E-state index in [-0.39, 0.29) is 22.8 Å². The molecule has 1 amide bonds. The van der Waals surface area contributed by atoms with Gasteiger partial charge in [-0.05, 0) is 43.2 Å². The highest BCUT2D eigenvalue weighted by Gasteiger charge is 2.18. The lowest BCUT2D eigenvalue weighted by Gasteiger charge is -2.12. The third-order valence-corrected chi connectivity index (χ3v) is 4.56. The van der Waals surface area contributed by atoms with Crippen molar-refractivity contribution in [2.24, 2.45) is 0 Å². The minimum atomic E-state index is -0.658. The normalized spacial score (nSPS) is 11.2. The number of aromatic nitrogens is 2. The highest BCUT2D eigenvalue weighted by atomic mass is 19.1. The molecule has 0 bridgehead atoms. The summed E-state index contributed by atoms with van der Waals surface area (Å²) in [4.78, 5) is 30.0. The molecule has 0 spiro atoms. The van der Waals surface area contributed by atoms with Gasteiger partial charge < -0.3 is 14.8 Å². The summed E-state index contributed by atoms with van der Waals surface area (Å²) in [6.07, 6.45) is 3.17. The van der Waals surface area contributed by atoms with Gasteiger partial charge in [-0.2, -0.15) is 10.2 Å². The minimum Gasteiger partial charge on any atom is -0.435 e. The molecule has 1 N–H and O–H groups in total.